The third-order valence-corrected chi connectivity index (χ3v) is 2.21. The quantitative estimate of drug-likeness (QED) is 0.624. The molecule has 0 radical (unpaired) electrons. The van der Waals surface area contributed by atoms with Crippen molar-refractivity contribution in [1.29, 1.82) is 0 Å². The first-order valence-electron chi connectivity index (χ1n) is 4.13. The average molecular weight is 187 g/mol. The zero-order valence-electron chi connectivity index (χ0n) is 7.14. The Bertz CT molecular complexity index is 398. The maximum atomic E-state index is 4.30. The van der Waals surface area contributed by atoms with E-state index < -0.39 is 0 Å². The Morgan fingerprint density at radius 3 is 2.46 bits per heavy atom. The minimum absolute atomic E-state index is 1.02. The maximum absolute atomic E-state index is 4.30. The van der Waals surface area contributed by atoms with E-state index in [2.05, 4.69) is 32.4 Å². The molecule has 1 nitrogen and oxygen atoms in total. The smallest absolute Gasteiger partial charge is 0.0708 e. The first-order chi connectivity index (χ1) is 6.36. The van der Waals surface area contributed by atoms with E-state index in [1.807, 2.05) is 30.5 Å². The van der Waals surface area contributed by atoms with E-state index in [1.165, 1.54) is 0 Å². The van der Waals surface area contributed by atoms with Crippen LogP contribution in [0.3, 0.4) is 0 Å². The highest BCUT2D eigenvalue weighted by Gasteiger charge is 1.96. The number of hydrogen-bond donors (Lipinski definition) is 0. The van der Waals surface area contributed by atoms with Crippen molar-refractivity contribution in [3.05, 3.63) is 48.7 Å². The molecule has 0 bridgehead atoms. The minimum Gasteiger partial charge on any atom is -0.256 e. The maximum Gasteiger partial charge on any atom is 0.0708 e. The van der Waals surface area contributed by atoms with Gasteiger partial charge < -0.3 is 0 Å². The van der Waals surface area contributed by atoms with Crippen molar-refractivity contribution >= 4 is 14.5 Å². The van der Waals surface area contributed by atoms with E-state index in [9.17, 15) is 0 Å². The predicted octanol–water partition coefficient (Wildman–Crippen LogP) is 2.25. The Morgan fingerprint density at radius 1 is 1.00 bits per heavy atom. The molecule has 0 N–H and O–H groups in total. The summed E-state index contributed by atoms with van der Waals surface area (Å²) in [5.74, 6) is 0. The molecule has 0 saturated heterocycles. The van der Waals surface area contributed by atoms with Gasteiger partial charge in [0, 0.05) is 11.8 Å². The summed E-state index contributed by atoms with van der Waals surface area (Å²) in [6, 6.07) is 14.2. The molecule has 0 spiro atoms. The van der Waals surface area contributed by atoms with Crippen LogP contribution in [-0.4, -0.2) is 4.98 Å². The van der Waals surface area contributed by atoms with Gasteiger partial charge in [0.25, 0.3) is 0 Å². The van der Waals surface area contributed by atoms with Crippen LogP contribution < -0.4 is 5.30 Å². The van der Waals surface area contributed by atoms with Gasteiger partial charge in [0.15, 0.2) is 0 Å². The van der Waals surface area contributed by atoms with Gasteiger partial charge in [0.1, 0.15) is 0 Å². The van der Waals surface area contributed by atoms with Crippen LogP contribution >= 0.6 is 9.24 Å². The number of pyridine rings is 1. The Balaban J connectivity index is 2.48. The molecule has 13 heavy (non-hydrogen) atoms. The molecular formula is C11H10NP. The van der Waals surface area contributed by atoms with Crippen LogP contribution in [-0.2, 0) is 0 Å². The molecule has 0 amide bonds. The van der Waals surface area contributed by atoms with E-state index in [0.717, 1.165) is 16.6 Å². The van der Waals surface area contributed by atoms with Crippen LogP contribution in [0.2, 0.25) is 0 Å². The summed E-state index contributed by atoms with van der Waals surface area (Å²) in [4.78, 5) is 4.30. The lowest BCUT2D eigenvalue weighted by atomic mass is 10.1. The molecular weight excluding hydrogens is 177 g/mol. The number of aromatic nitrogens is 1. The standard InChI is InChI=1S/C11H10NP/c13-10-6-7-12-11(8-10)9-4-2-1-3-5-9/h1-8H,13H2. The van der Waals surface area contributed by atoms with E-state index >= 15 is 0 Å². The van der Waals surface area contributed by atoms with E-state index in [0.29, 0.717) is 0 Å². The number of benzene rings is 1. The molecule has 1 aromatic carbocycles. The molecule has 0 aliphatic carbocycles. The van der Waals surface area contributed by atoms with Crippen molar-refractivity contribution in [3.63, 3.8) is 0 Å². The molecule has 1 aromatic heterocycles. The van der Waals surface area contributed by atoms with Crippen molar-refractivity contribution in [1.82, 2.24) is 4.98 Å². The summed E-state index contributed by atoms with van der Waals surface area (Å²) >= 11 is 0. The Labute approximate surface area is 80.0 Å². The second kappa shape index (κ2) is 3.68. The molecule has 2 aromatic rings. The van der Waals surface area contributed by atoms with Crippen molar-refractivity contribution in [2.75, 3.05) is 0 Å². The van der Waals surface area contributed by atoms with Gasteiger partial charge in [-0.15, -0.1) is 9.24 Å². The molecule has 2 rings (SSSR count). The number of nitrogens with zero attached hydrogens (tertiary/aromatic N) is 1. The zero-order valence-corrected chi connectivity index (χ0v) is 8.30. The van der Waals surface area contributed by atoms with E-state index in [4.69, 9.17) is 0 Å². The summed E-state index contributed by atoms with van der Waals surface area (Å²) in [5.41, 5.74) is 2.18. The first kappa shape index (κ1) is 8.40. The Morgan fingerprint density at radius 2 is 1.77 bits per heavy atom. The summed E-state index contributed by atoms with van der Waals surface area (Å²) in [7, 11) is 2.67. The normalized spacial score (nSPS) is 9.92. The molecule has 1 atom stereocenters. The minimum atomic E-state index is 1.02. The third kappa shape index (κ3) is 1.93. The lowest BCUT2D eigenvalue weighted by Crippen LogP contribution is -1.92. The molecule has 1 unspecified atom stereocenters. The summed E-state index contributed by atoms with van der Waals surface area (Å²) in [5, 5.41) is 1.16. The molecule has 0 fully saturated rings. The fourth-order valence-electron chi connectivity index (χ4n) is 1.21. The molecule has 0 aliphatic rings. The molecule has 0 aliphatic heterocycles. The fraction of sp³-hybridized carbons (Fsp3) is 0. The largest absolute Gasteiger partial charge is 0.256 e. The van der Waals surface area contributed by atoms with Crippen LogP contribution in [0.15, 0.2) is 48.7 Å². The molecule has 0 saturated carbocycles. The lowest BCUT2D eigenvalue weighted by Gasteiger charge is -2.00. The van der Waals surface area contributed by atoms with Crippen molar-refractivity contribution in [2.45, 2.75) is 0 Å². The zero-order chi connectivity index (χ0) is 9.10. The van der Waals surface area contributed by atoms with Gasteiger partial charge in [0.2, 0.25) is 0 Å². The predicted molar refractivity (Wildman–Crippen MR) is 59.0 cm³/mol. The van der Waals surface area contributed by atoms with Crippen molar-refractivity contribution in [3.8, 4) is 11.3 Å². The molecule has 2 heteroatoms. The van der Waals surface area contributed by atoms with E-state index in [-0.39, 0.29) is 0 Å². The van der Waals surface area contributed by atoms with Gasteiger partial charge in [-0.2, -0.15) is 0 Å². The topological polar surface area (TPSA) is 12.9 Å². The Hall–Kier alpha value is -1.20. The highest BCUT2D eigenvalue weighted by atomic mass is 31.0. The third-order valence-electron chi connectivity index (χ3n) is 1.85. The van der Waals surface area contributed by atoms with Gasteiger partial charge in [-0.1, -0.05) is 30.3 Å². The average Bonchev–Trinajstić information content (AvgIpc) is 2.19. The van der Waals surface area contributed by atoms with Gasteiger partial charge in [0.05, 0.1) is 5.69 Å². The number of hydrogen-bond acceptors (Lipinski definition) is 1. The second-order valence-electron chi connectivity index (χ2n) is 2.84. The van der Waals surface area contributed by atoms with Crippen LogP contribution in [0, 0.1) is 0 Å². The Kier molecular flexibility index (Phi) is 2.37. The highest BCUT2D eigenvalue weighted by molar-refractivity contribution is 7.27. The van der Waals surface area contributed by atoms with Crippen molar-refractivity contribution < 1.29 is 0 Å². The van der Waals surface area contributed by atoms with Crippen molar-refractivity contribution in [2.24, 2.45) is 0 Å². The molecule has 1 heterocycles. The highest BCUT2D eigenvalue weighted by Crippen LogP contribution is 2.14. The summed E-state index contributed by atoms with van der Waals surface area (Å²) < 4.78 is 0. The summed E-state index contributed by atoms with van der Waals surface area (Å²) in [6.45, 7) is 0. The van der Waals surface area contributed by atoms with Crippen LogP contribution in [0.5, 0.6) is 0 Å². The van der Waals surface area contributed by atoms with Gasteiger partial charge in [-0.25, -0.2) is 0 Å². The summed E-state index contributed by atoms with van der Waals surface area (Å²) in [6.07, 6.45) is 1.82. The SMILES string of the molecule is Pc1ccnc(-c2ccccc2)c1. The van der Waals surface area contributed by atoms with Crippen LogP contribution in [0.4, 0.5) is 0 Å². The molecule has 64 valence electrons. The monoisotopic (exact) mass is 187 g/mol. The van der Waals surface area contributed by atoms with Gasteiger partial charge >= 0.3 is 0 Å². The van der Waals surface area contributed by atoms with Crippen LogP contribution in [0.25, 0.3) is 11.3 Å². The van der Waals surface area contributed by atoms with Gasteiger partial charge in [-0.3, -0.25) is 4.98 Å². The fourth-order valence-corrected chi connectivity index (χ4v) is 1.46. The van der Waals surface area contributed by atoms with Gasteiger partial charge in [-0.05, 0) is 17.4 Å². The lowest BCUT2D eigenvalue weighted by molar-refractivity contribution is 1.34. The second-order valence-corrected chi connectivity index (χ2v) is 3.51. The number of rotatable bonds is 1. The van der Waals surface area contributed by atoms with E-state index in [1.54, 1.807) is 0 Å². The first-order valence-corrected chi connectivity index (χ1v) is 4.71. The van der Waals surface area contributed by atoms with Crippen LogP contribution in [0.1, 0.15) is 0 Å².